The number of hydrogen-bond acceptors (Lipinski definition) is 2. The SMILES string of the molecule is COC(C#N)c1ccc(Cl)cc1Cl. The largest absolute Gasteiger partial charge is 0.362 e. The van der Waals surface area contributed by atoms with Crippen molar-refractivity contribution in [3.63, 3.8) is 0 Å². The molecule has 0 fully saturated rings. The molecular formula is C9H7Cl2NO. The third-order valence-electron chi connectivity index (χ3n) is 1.60. The summed E-state index contributed by atoms with van der Waals surface area (Å²) >= 11 is 11.6. The molecule has 1 aromatic rings. The molecule has 68 valence electrons. The van der Waals surface area contributed by atoms with Crippen LogP contribution < -0.4 is 0 Å². The predicted octanol–water partition coefficient (Wildman–Crippen LogP) is 3.20. The van der Waals surface area contributed by atoms with Gasteiger partial charge in [-0.25, -0.2) is 0 Å². The van der Waals surface area contributed by atoms with Gasteiger partial charge in [0.15, 0.2) is 6.10 Å². The zero-order chi connectivity index (χ0) is 9.84. The maximum absolute atomic E-state index is 8.71. The lowest BCUT2D eigenvalue weighted by atomic mass is 10.1. The molecule has 1 rings (SSSR count). The second-order valence-electron chi connectivity index (χ2n) is 2.41. The average molecular weight is 216 g/mol. The van der Waals surface area contributed by atoms with Crippen LogP contribution in [-0.2, 0) is 4.74 Å². The Morgan fingerprint density at radius 3 is 2.62 bits per heavy atom. The molecule has 0 N–H and O–H groups in total. The fourth-order valence-electron chi connectivity index (χ4n) is 0.963. The quantitative estimate of drug-likeness (QED) is 0.760. The summed E-state index contributed by atoms with van der Waals surface area (Å²) in [6.07, 6.45) is -0.634. The van der Waals surface area contributed by atoms with E-state index in [1.54, 1.807) is 18.2 Å². The van der Waals surface area contributed by atoms with Crippen molar-refractivity contribution in [3.05, 3.63) is 33.8 Å². The second-order valence-corrected chi connectivity index (χ2v) is 3.25. The van der Waals surface area contributed by atoms with Crippen molar-refractivity contribution >= 4 is 23.2 Å². The first-order chi connectivity index (χ1) is 6.19. The normalized spacial score (nSPS) is 12.2. The van der Waals surface area contributed by atoms with Crippen molar-refractivity contribution in [1.29, 1.82) is 5.26 Å². The Morgan fingerprint density at radius 1 is 1.46 bits per heavy atom. The molecule has 0 saturated heterocycles. The molecule has 2 nitrogen and oxygen atoms in total. The lowest BCUT2D eigenvalue weighted by Crippen LogP contribution is -1.98. The van der Waals surface area contributed by atoms with Crippen LogP contribution in [0.5, 0.6) is 0 Å². The minimum atomic E-state index is -0.634. The van der Waals surface area contributed by atoms with E-state index in [2.05, 4.69) is 0 Å². The fraction of sp³-hybridized carbons (Fsp3) is 0.222. The van der Waals surface area contributed by atoms with E-state index in [0.29, 0.717) is 15.6 Å². The summed E-state index contributed by atoms with van der Waals surface area (Å²) < 4.78 is 4.92. The van der Waals surface area contributed by atoms with Crippen molar-refractivity contribution in [3.8, 4) is 6.07 Å². The molecule has 0 radical (unpaired) electrons. The molecular weight excluding hydrogens is 209 g/mol. The van der Waals surface area contributed by atoms with E-state index < -0.39 is 6.10 Å². The molecule has 1 aromatic carbocycles. The van der Waals surface area contributed by atoms with Crippen LogP contribution in [0.4, 0.5) is 0 Å². The van der Waals surface area contributed by atoms with Crippen LogP contribution in [0.25, 0.3) is 0 Å². The molecule has 0 aliphatic carbocycles. The van der Waals surface area contributed by atoms with E-state index >= 15 is 0 Å². The van der Waals surface area contributed by atoms with E-state index in [-0.39, 0.29) is 0 Å². The Balaban J connectivity index is 3.09. The van der Waals surface area contributed by atoms with Gasteiger partial charge >= 0.3 is 0 Å². The summed E-state index contributed by atoms with van der Waals surface area (Å²) in [4.78, 5) is 0. The van der Waals surface area contributed by atoms with Crippen molar-refractivity contribution in [2.75, 3.05) is 7.11 Å². The van der Waals surface area contributed by atoms with Gasteiger partial charge in [-0.05, 0) is 12.1 Å². The van der Waals surface area contributed by atoms with Crippen LogP contribution in [0.2, 0.25) is 10.0 Å². The highest BCUT2D eigenvalue weighted by atomic mass is 35.5. The number of rotatable bonds is 2. The summed E-state index contributed by atoms with van der Waals surface area (Å²) in [6.45, 7) is 0. The van der Waals surface area contributed by atoms with Gasteiger partial charge < -0.3 is 4.74 Å². The molecule has 0 aliphatic heterocycles. The summed E-state index contributed by atoms with van der Waals surface area (Å²) in [5, 5.41) is 9.69. The molecule has 0 bridgehead atoms. The molecule has 4 heteroatoms. The first-order valence-corrected chi connectivity index (χ1v) is 4.32. The monoisotopic (exact) mass is 215 g/mol. The summed E-state index contributed by atoms with van der Waals surface area (Å²) in [5.41, 5.74) is 0.635. The van der Waals surface area contributed by atoms with E-state index in [0.717, 1.165) is 0 Å². The Bertz CT molecular complexity index is 346. The average Bonchev–Trinajstić information content (AvgIpc) is 2.10. The smallest absolute Gasteiger partial charge is 0.170 e. The van der Waals surface area contributed by atoms with Crippen LogP contribution in [-0.4, -0.2) is 7.11 Å². The highest BCUT2D eigenvalue weighted by Gasteiger charge is 2.12. The molecule has 0 heterocycles. The standard InChI is InChI=1S/C9H7Cl2NO/c1-13-9(5-12)7-3-2-6(10)4-8(7)11/h2-4,9H,1H3. The van der Waals surface area contributed by atoms with Crippen LogP contribution in [0.15, 0.2) is 18.2 Å². The number of nitrogens with zero attached hydrogens (tertiary/aromatic N) is 1. The van der Waals surface area contributed by atoms with Crippen molar-refractivity contribution in [1.82, 2.24) is 0 Å². The molecule has 1 atom stereocenters. The van der Waals surface area contributed by atoms with E-state index in [1.807, 2.05) is 6.07 Å². The topological polar surface area (TPSA) is 33.0 Å². The number of ether oxygens (including phenoxy) is 1. The molecule has 13 heavy (non-hydrogen) atoms. The first-order valence-electron chi connectivity index (χ1n) is 3.56. The third kappa shape index (κ3) is 2.35. The van der Waals surface area contributed by atoms with Gasteiger partial charge in [0.25, 0.3) is 0 Å². The van der Waals surface area contributed by atoms with Crippen LogP contribution >= 0.6 is 23.2 Å². The number of methoxy groups -OCH3 is 1. The fourth-order valence-corrected chi connectivity index (χ4v) is 1.47. The lowest BCUT2D eigenvalue weighted by Gasteiger charge is -2.08. The zero-order valence-electron chi connectivity index (χ0n) is 6.92. The van der Waals surface area contributed by atoms with Gasteiger partial charge in [0.2, 0.25) is 0 Å². The molecule has 0 spiro atoms. The number of halogens is 2. The van der Waals surface area contributed by atoms with E-state index in [4.69, 9.17) is 33.2 Å². The van der Waals surface area contributed by atoms with Gasteiger partial charge in [-0.15, -0.1) is 0 Å². The molecule has 0 amide bonds. The predicted molar refractivity (Wildman–Crippen MR) is 51.8 cm³/mol. The molecule has 0 aliphatic rings. The lowest BCUT2D eigenvalue weighted by molar-refractivity contribution is 0.148. The van der Waals surface area contributed by atoms with Crippen LogP contribution in [0.1, 0.15) is 11.7 Å². The maximum atomic E-state index is 8.71. The summed E-state index contributed by atoms with van der Waals surface area (Å²) in [7, 11) is 1.46. The number of benzene rings is 1. The summed E-state index contributed by atoms with van der Waals surface area (Å²) in [5.74, 6) is 0. The van der Waals surface area contributed by atoms with Crippen LogP contribution in [0, 0.1) is 11.3 Å². The Hall–Kier alpha value is -0.750. The second kappa shape index (κ2) is 4.48. The molecule has 0 aromatic heterocycles. The number of nitriles is 1. The molecule has 0 saturated carbocycles. The third-order valence-corrected chi connectivity index (χ3v) is 2.16. The Labute approximate surface area is 86.6 Å². The van der Waals surface area contributed by atoms with Gasteiger partial charge in [0, 0.05) is 22.7 Å². The van der Waals surface area contributed by atoms with Crippen molar-refractivity contribution in [2.24, 2.45) is 0 Å². The highest BCUT2D eigenvalue weighted by Crippen LogP contribution is 2.27. The minimum absolute atomic E-state index is 0.445. The van der Waals surface area contributed by atoms with Gasteiger partial charge in [0.1, 0.15) is 0 Å². The van der Waals surface area contributed by atoms with E-state index in [1.165, 1.54) is 7.11 Å². The molecule has 1 unspecified atom stereocenters. The van der Waals surface area contributed by atoms with Gasteiger partial charge in [-0.1, -0.05) is 29.3 Å². The Kier molecular flexibility index (Phi) is 3.56. The maximum Gasteiger partial charge on any atom is 0.170 e. The first kappa shape index (κ1) is 10.3. The minimum Gasteiger partial charge on any atom is -0.362 e. The van der Waals surface area contributed by atoms with Crippen molar-refractivity contribution in [2.45, 2.75) is 6.10 Å². The van der Waals surface area contributed by atoms with Gasteiger partial charge in [0.05, 0.1) is 6.07 Å². The van der Waals surface area contributed by atoms with Crippen LogP contribution in [0.3, 0.4) is 0 Å². The summed E-state index contributed by atoms with van der Waals surface area (Å²) in [6, 6.07) is 6.92. The Morgan fingerprint density at radius 2 is 2.15 bits per heavy atom. The highest BCUT2D eigenvalue weighted by molar-refractivity contribution is 6.35. The van der Waals surface area contributed by atoms with Gasteiger partial charge in [-0.2, -0.15) is 5.26 Å². The van der Waals surface area contributed by atoms with Crippen molar-refractivity contribution < 1.29 is 4.74 Å². The number of hydrogen-bond donors (Lipinski definition) is 0. The van der Waals surface area contributed by atoms with Gasteiger partial charge in [-0.3, -0.25) is 0 Å². The van der Waals surface area contributed by atoms with E-state index in [9.17, 15) is 0 Å². The zero-order valence-corrected chi connectivity index (χ0v) is 8.43.